The highest BCUT2D eigenvalue weighted by Crippen LogP contribution is 2.26. The maximum atomic E-state index is 12.5. The highest BCUT2D eigenvalue weighted by atomic mass is 32.2. The van der Waals surface area contributed by atoms with Gasteiger partial charge in [-0.25, -0.2) is 13.1 Å². The maximum absolute atomic E-state index is 12.5. The summed E-state index contributed by atoms with van der Waals surface area (Å²) in [5, 5.41) is 13.4. The fourth-order valence-corrected chi connectivity index (χ4v) is 3.87. The van der Waals surface area contributed by atoms with E-state index < -0.39 is 15.7 Å². The predicted octanol–water partition coefficient (Wildman–Crippen LogP) is 1.13. The number of benzene rings is 1. The third kappa shape index (κ3) is 3.24. The van der Waals surface area contributed by atoms with Crippen molar-refractivity contribution in [1.29, 1.82) is 0 Å². The summed E-state index contributed by atoms with van der Waals surface area (Å²) in [6, 6.07) is 3.27. The van der Waals surface area contributed by atoms with Gasteiger partial charge in [-0.15, -0.1) is 0 Å². The summed E-state index contributed by atoms with van der Waals surface area (Å²) in [5.41, 5.74) is 1.47. The Morgan fingerprint density at radius 1 is 1.30 bits per heavy atom. The smallest absolute Gasteiger partial charge is 0.258 e. The maximum Gasteiger partial charge on any atom is 0.258 e. The summed E-state index contributed by atoms with van der Waals surface area (Å²) < 4.78 is 26.1. The molecule has 0 unspecified atom stereocenters. The second kappa shape index (κ2) is 6.45. The van der Waals surface area contributed by atoms with Crippen LogP contribution in [0.4, 0.5) is 5.95 Å². The van der Waals surface area contributed by atoms with Gasteiger partial charge in [-0.2, -0.15) is 0 Å². The van der Waals surface area contributed by atoms with Crippen molar-refractivity contribution in [2.75, 3.05) is 11.1 Å². The molecule has 0 aliphatic carbocycles. The van der Waals surface area contributed by atoms with E-state index in [9.17, 15) is 13.2 Å². The van der Waals surface area contributed by atoms with Crippen molar-refractivity contribution < 1.29 is 13.2 Å². The first-order valence-electron chi connectivity index (χ1n) is 7.20. The Morgan fingerprint density at radius 3 is 2.52 bits per heavy atom. The molecule has 1 N–H and O–H groups in total. The van der Waals surface area contributed by atoms with Crippen LogP contribution in [-0.4, -0.2) is 40.3 Å². The van der Waals surface area contributed by atoms with E-state index >= 15 is 0 Å². The summed E-state index contributed by atoms with van der Waals surface area (Å²) in [4.78, 5) is 12.7. The van der Waals surface area contributed by atoms with Gasteiger partial charge in [-0.1, -0.05) is 25.0 Å². The summed E-state index contributed by atoms with van der Waals surface area (Å²) in [5.74, 6) is -0.260. The van der Waals surface area contributed by atoms with Gasteiger partial charge in [-0.3, -0.25) is 10.1 Å². The SMILES string of the molecule is CCc1c(C(=O)Nc2nnnn2C)ccc(C)c1S(=O)(=O)CC. The van der Waals surface area contributed by atoms with Gasteiger partial charge in [0.05, 0.1) is 10.6 Å². The molecule has 0 spiro atoms. The van der Waals surface area contributed by atoms with Crippen LogP contribution in [0.2, 0.25) is 0 Å². The number of hydrogen-bond acceptors (Lipinski definition) is 6. The van der Waals surface area contributed by atoms with Crippen LogP contribution >= 0.6 is 0 Å². The molecule has 0 saturated carbocycles. The van der Waals surface area contributed by atoms with E-state index in [1.54, 1.807) is 33.0 Å². The Hall–Kier alpha value is -2.29. The minimum atomic E-state index is -3.42. The fourth-order valence-electron chi connectivity index (χ4n) is 2.39. The number of aryl methyl sites for hydroxylation is 2. The molecule has 23 heavy (non-hydrogen) atoms. The number of nitrogens with one attached hydrogen (secondary N) is 1. The van der Waals surface area contributed by atoms with Crippen molar-refractivity contribution in [3.8, 4) is 0 Å². The highest BCUT2D eigenvalue weighted by Gasteiger charge is 2.24. The number of carbonyl (C=O) groups is 1. The van der Waals surface area contributed by atoms with Crippen LogP contribution < -0.4 is 5.32 Å². The molecule has 124 valence electrons. The molecule has 0 aliphatic heterocycles. The number of tetrazole rings is 1. The summed E-state index contributed by atoms with van der Waals surface area (Å²) >= 11 is 0. The summed E-state index contributed by atoms with van der Waals surface area (Å²) in [6.07, 6.45) is 0.427. The van der Waals surface area contributed by atoms with E-state index in [4.69, 9.17) is 0 Å². The first kappa shape index (κ1) is 17.1. The molecule has 2 aromatic rings. The minimum absolute atomic E-state index is 0.0148. The standard InChI is InChI=1S/C14H19N5O3S/c1-5-10-11(13(20)15-14-16-17-18-19(14)4)8-7-9(3)12(10)23(21,22)6-2/h7-8H,5-6H2,1-4H3,(H,15,16,18,20). The van der Waals surface area contributed by atoms with Crippen LogP contribution in [0.3, 0.4) is 0 Å². The highest BCUT2D eigenvalue weighted by molar-refractivity contribution is 7.91. The van der Waals surface area contributed by atoms with Crippen molar-refractivity contribution in [2.45, 2.75) is 32.1 Å². The van der Waals surface area contributed by atoms with E-state index in [1.165, 1.54) is 4.68 Å². The molecule has 0 bridgehead atoms. The Bertz CT molecular complexity index is 842. The van der Waals surface area contributed by atoms with Gasteiger partial charge in [0.1, 0.15) is 0 Å². The van der Waals surface area contributed by atoms with Crippen LogP contribution in [0.15, 0.2) is 17.0 Å². The lowest BCUT2D eigenvalue weighted by Crippen LogP contribution is -2.20. The van der Waals surface area contributed by atoms with Crippen LogP contribution in [0.1, 0.15) is 35.3 Å². The topological polar surface area (TPSA) is 107 Å². The van der Waals surface area contributed by atoms with Gasteiger partial charge in [0.2, 0.25) is 5.95 Å². The number of hydrogen-bond donors (Lipinski definition) is 1. The Labute approximate surface area is 134 Å². The quantitative estimate of drug-likeness (QED) is 0.876. The number of aromatic nitrogens is 4. The zero-order chi connectivity index (χ0) is 17.2. The van der Waals surface area contributed by atoms with Crippen LogP contribution in [0, 0.1) is 6.92 Å². The van der Waals surface area contributed by atoms with E-state index in [0.29, 0.717) is 23.1 Å². The zero-order valence-corrected chi connectivity index (χ0v) is 14.3. The summed E-state index contributed by atoms with van der Waals surface area (Å²) in [6.45, 7) is 5.15. The molecular formula is C14H19N5O3S. The number of anilines is 1. The molecule has 0 aliphatic rings. The monoisotopic (exact) mass is 337 g/mol. The van der Waals surface area contributed by atoms with Gasteiger partial charge in [-0.05, 0) is 41.0 Å². The average molecular weight is 337 g/mol. The van der Waals surface area contributed by atoms with E-state index in [-0.39, 0.29) is 16.6 Å². The third-order valence-electron chi connectivity index (χ3n) is 3.59. The fraction of sp³-hybridized carbons (Fsp3) is 0.429. The minimum Gasteiger partial charge on any atom is -0.289 e. The van der Waals surface area contributed by atoms with E-state index in [1.807, 2.05) is 6.92 Å². The van der Waals surface area contributed by atoms with Crippen molar-refractivity contribution in [1.82, 2.24) is 20.2 Å². The van der Waals surface area contributed by atoms with Crippen LogP contribution in [-0.2, 0) is 23.3 Å². The van der Waals surface area contributed by atoms with Crippen LogP contribution in [0.25, 0.3) is 0 Å². The van der Waals surface area contributed by atoms with E-state index in [0.717, 1.165) is 0 Å². The van der Waals surface area contributed by atoms with E-state index in [2.05, 4.69) is 20.8 Å². The normalized spacial score (nSPS) is 11.5. The van der Waals surface area contributed by atoms with Crippen molar-refractivity contribution in [2.24, 2.45) is 7.05 Å². The average Bonchev–Trinajstić information content (AvgIpc) is 2.91. The van der Waals surface area contributed by atoms with Gasteiger partial charge >= 0.3 is 0 Å². The molecule has 0 radical (unpaired) electrons. The number of carbonyl (C=O) groups excluding carboxylic acids is 1. The van der Waals surface area contributed by atoms with Crippen molar-refractivity contribution >= 4 is 21.7 Å². The molecule has 1 aromatic heterocycles. The van der Waals surface area contributed by atoms with Gasteiger partial charge in [0.25, 0.3) is 5.91 Å². The number of sulfone groups is 1. The molecule has 0 atom stereocenters. The second-order valence-electron chi connectivity index (χ2n) is 5.07. The van der Waals surface area contributed by atoms with Gasteiger partial charge < -0.3 is 0 Å². The Balaban J connectivity index is 2.53. The van der Waals surface area contributed by atoms with Crippen molar-refractivity contribution in [3.05, 3.63) is 28.8 Å². The lowest BCUT2D eigenvalue weighted by atomic mass is 10.0. The first-order valence-corrected chi connectivity index (χ1v) is 8.86. The second-order valence-corrected chi connectivity index (χ2v) is 7.29. The first-order chi connectivity index (χ1) is 10.8. The zero-order valence-electron chi connectivity index (χ0n) is 13.5. The molecule has 1 aromatic carbocycles. The van der Waals surface area contributed by atoms with Gasteiger partial charge in [0.15, 0.2) is 9.84 Å². The largest absolute Gasteiger partial charge is 0.289 e. The molecule has 0 fully saturated rings. The number of rotatable bonds is 5. The Kier molecular flexibility index (Phi) is 4.79. The molecule has 2 rings (SSSR count). The molecule has 1 amide bonds. The molecule has 1 heterocycles. The van der Waals surface area contributed by atoms with Gasteiger partial charge in [0, 0.05) is 12.6 Å². The lowest BCUT2D eigenvalue weighted by molar-refractivity contribution is 0.102. The lowest BCUT2D eigenvalue weighted by Gasteiger charge is -2.15. The number of amides is 1. The van der Waals surface area contributed by atoms with Crippen molar-refractivity contribution in [3.63, 3.8) is 0 Å². The Morgan fingerprint density at radius 2 is 2.00 bits per heavy atom. The molecule has 8 nitrogen and oxygen atoms in total. The molecule has 0 saturated heterocycles. The predicted molar refractivity (Wildman–Crippen MR) is 85.0 cm³/mol. The van der Waals surface area contributed by atoms with Crippen LogP contribution in [0.5, 0.6) is 0 Å². The molecular weight excluding hydrogens is 318 g/mol. The number of nitrogens with zero attached hydrogens (tertiary/aromatic N) is 4. The molecule has 9 heteroatoms. The third-order valence-corrected chi connectivity index (χ3v) is 5.54. The summed E-state index contributed by atoms with van der Waals surface area (Å²) in [7, 11) is -1.83.